The summed E-state index contributed by atoms with van der Waals surface area (Å²) >= 11 is 0. The molecule has 0 amide bonds. The van der Waals surface area contributed by atoms with E-state index < -0.39 is 6.16 Å². The molecule has 2 heterocycles. The van der Waals surface area contributed by atoms with Gasteiger partial charge in [-0.05, 0) is 50.6 Å². The minimum absolute atomic E-state index is 0.158. The Hall–Kier alpha value is -3.58. The maximum absolute atomic E-state index is 12.1. The molecule has 0 bridgehead atoms. The highest BCUT2D eigenvalue weighted by Crippen LogP contribution is 2.36. The SMILES string of the molecule is COCc1c(OC(=O)OC(C)C)ncc2[nH]c3ccc(Oc4ccccc4C)cc3c12. The number of benzene rings is 2. The second kappa shape index (κ2) is 8.65. The molecule has 2 aromatic heterocycles. The predicted molar refractivity (Wildman–Crippen MR) is 118 cm³/mol. The zero-order valence-corrected chi connectivity index (χ0v) is 17.9. The molecule has 0 aliphatic carbocycles. The highest BCUT2D eigenvalue weighted by Gasteiger charge is 2.19. The molecule has 0 aliphatic heterocycles. The van der Waals surface area contributed by atoms with Gasteiger partial charge in [-0.3, -0.25) is 0 Å². The Labute approximate surface area is 179 Å². The van der Waals surface area contributed by atoms with Crippen molar-refractivity contribution in [1.82, 2.24) is 9.97 Å². The first kappa shape index (κ1) is 20.7. The lowest BCUT2D eigenvalue weighted by atomic mass is 10.1. The van der Waals surface area contributed by atoms with E-state index in [0.717, 1.165) is 33.1 Å². The van der Waals surface area contributed by atoms with Gasteiger partial charge in [0, 0.05) is 23.4 Å². The van der Waals surface area contributed by atoms with E-state index in [1.54, 1.807) is 27.2 Å². The number of nitrogens with zero attached hydrogens (tertiary/aromatic N) is 1. The van der Waals surface area contributed by atoms with Crippen LogP contribution in [0.4, 0.5) is 4.79 Å². The summed E-state index contributed by atoms with van der Waals surface area (Å²) in [6.07, 6.45) is 0.535. The smallest absolute Gasteiger partial charge is 0.457 e. The number of hydrogen-bond donors (Lipinski definition) is 1. The van der Waals surface area contributed by atoms with Crippen molar-refractivity contribution in [2.45, 2.75) is 33.5 Å². The third-order valence-corrected chi connectivity index (χ3v) is 4.79. The Morgan fingerprint density at radius 1 is 1.13 bits per heavy atom. The van der Waals surface area contributed by atoms with E-state index in [1.165, 1.54) is 0 Å². The zero-order chi connectivity index (χ0) is 22.0. The predicted octanol–water partition coefficient (Wildman–Crippen LogP) is 5.89. The summed E-state index contributed by atoms with van der Waals surface area (Å²) in [5.41, 5.74) is 3.41. The second-order valence-corrected chi connectivity index (χ2v) is 7.48. The number of hydrogen-bond acceptors (Lipinski definition) is 6. The second-order valence-electron chi connectivity index (χ2n) is 7.48. The van der Waals surface area contributed by atoms with Gasteiger partial charge in [-0.1, -0.05) is 18.2 Å². The molecule has 0 radical (unpaired) electrons. The van der Waals surface area contributed by atoms with Crippen molar-refractivity contribution < 1.29 is 23.7 Å². The molecule has 0 saturated heterocycles. The number of carbonyl (C=O) groups excluding carboxylic acids is 1. The highest BCUT2D eigenvalue weighted by molar-refractivity contribution is 6.09. The van der Waals surface area contributed by atoms with Crippen LogP contribution >= 0.6 is 0 Å². The van der Waals surface area contributed by atoms with Crippen LogP contribution in [0.25, 0.3) is 21.8 Å². The number of para-hydroxylation sites is 1. The molecule has 31 heavy (non-hydrogen) atoms. The first-order valence-electron chi connectivity index (χ1n) is 10.0. The zero-order valence-electron chi connectivity index (χ0n) is 17.9. The maximum Gasteiger partial charge on any atom is 0.515 e. The summed E-state index contributed by atoms with van der Waals surface area (Å²) in [4.78, 5) is 19.7. The van der Waals surface area contributed by atoms with Crippen LogP contribution in [-0.4, -0.2) is 29.3 Å². The van der Waals surface area contributed by atoms with E-state index in [4.69, 9.17) is 18.9 Å². The highest BCUT2D eigenvalue weighted by atomic mass is 16.7. The molecule has 0 atom stereocenters. The number of carbonyl (C=O) groups is 1. The van der Waals surface area contributed by atoms with Crippen LogP contribution in [0.2, 0.25) is 0 Å². The number of aromatic amines is 1. The van der Waals surface area contributed by atoms with E-state index in [2.05, 4.69) is 9.97 Å². The van der Waals surface area contributed by atoms with E-state index in [1.807, 2.05) is 49.4 Å². The van der Waals surface area contributed by atoms with Gasteiger partial charge in [-0.2, -0.15) is 0 Å². The van der Waals surface area contributed by atoms with Gasteiger partial charge in [0.1, 0.15) is 11.5 Å². The normalized spacial score (nSPS) is 11.3. The molecule has 4 aromatic rings. The van der Waals surface area contributed by atoms with Gasteiger partial charge in [0.2, 0.25) is 5.88 Å². The first-order valence-corrected chi connectivity index (χ1v) is 10.0. The average molecular weight is 420 g/mol. The van der Waals surface area contributed by atoms with Crippen molar-refractivity contribution in [3.63, 3.8) is 0 Å². The fraction of sp³-hybridized carbons (Fsp3) is 0.250. The molecule has 0 aliphatic rings. The number of rotatable bonds is 6. The van der Waals surface area contributed by atoms with Crippen LogP contribution < -0.4 is 9.47 Å². The lowest BCUT2D eigenvalue weighted by Crippen LogP contribution is -2.17. The third-order valence-electron chi connectivity index (χ3n) is 4.79. The molecule has 0 spiro atoms. The van der Waals surface area contributed by atoms with Crippen molar-refractivity contribution in [2.75, 3.05) is 7.11 Å². The largest absolute Gasteiger partial charge is 0.515 e. The van der Waals surface area contributed by atoms with Crippen molar-refractivity contribution >= 4 is 28.0 Å². The van der Waals surface area contributed by atoms with Gasteiger partial charge < -0.3 is 23.9 Å². The lowest BCUT2D eigenvalue weighted by molar-refractivity contribution is 0.0705. The maximum atomic E-state index is 12.1. The Bertz CT molecular complexity index is 1250. The molecule has 0 saturated carbocycles. The molecular formula is C24H24N2O5. The fourth-order valence-electron chi connectivity index (χ4n) is 3.44. The summed E-state index contributed by atoms with van der Waals surface area (Å²) in [6, 6.07) is 13.7. The van der Waals surface area contributed by atoms with Gasteiger partial charge in [-0.25, -0.2) is 9.78 Å². The quantitative estimate of drug-likeness (QED) is 0.392. The number of nitrogens with one attached hydrogen (secondary N) is 1. The molecular weight excluding hydrogens is 396 g/mol. The molecule has 2 aromatic carbocycles. The third kappa shape index (κ3) is 4.32. The van der Waals surface area contributed by atoms with E-state index in [9.17, 15) is 4.79 Å². The first-order chi connectivity index (χ1) is 15.0. The molecule has 0 unspecified atom stereocenters. The fourth-order valence-corrected chi connectivity index (χ4v) is 3.44. The van der Waals surface area contributed by atoms with Crippen LogP contribution in [0.3, 0.4) is 0 Å². The Morgan fingerprint density at radius 3 is 2.68 bits per heavy atom. The molecule has 7 nitrogen and oxygen atoms in total. The van der Waals surface area contributed by atoms with Crippen LogP contribution in [0.1, 0.15) is 25.0 Å². The van der Waals surface area contributed by atoms with Crippen LogP contribution in [0, 0.1) is 6.92 Å². The van der Waals surface area contributed by atoms with Crippen molar-refractivity contribution in [3.05, 3.63) is 59.8 Å². The van der Waals surface area contributed by atoms with Crippen LogP contribution in [0.5, 0.6) is 17.4 Å². The summed E-state index contributed by atoms with van der Waals surface area (Å²) < 4.78 is 22.0. The van der Waals surface area contributed by atoms with Crippen molar-refractivity contribution in [3.8, 4) is 17.4 Å². The van der Waals surface area contributed by atoms with Crippen molar-refractivity contribution in [1.29, 1.82) is 0 Å². The standard InChI is InChI=1S/C24H24N2O5/c1-14(2)29-24(27)31-23-18(13-28-4)22-17-11-16(30-21-8-6-5-7-15(21)3)9-10-19(17)26-20(22)12-25-23/h5-12,14,26H,13H2,1-4H3. The number of fused-ring (bicyclic) bond motifs is 3. The summed E-state index contributed by atoms with van der Waals surface area (Å²) in [6.45, 7) is 5.72. The minimum Gasteiger partial charge on any atom is -0.457 e. The van der Waals surface area contributed by atoms with Crippen molar-refractivity contribution in [2.24, 2.45) is 0 Å². The molecule has 7 heteroatoms. The van der Waals surface area contributed by atoms with Gasteiger partial charge >= 0.3 is 6.16 Å². The van der Waals surface area contributed by atoms with Crippen LogP contribution in [-0.2, 0) is 16.1 Å². The van der Waals surface area contributed by atoms with E-state index >= 15 is 0 Å². The molecule has 4 rings (SSSR count). The Balaban J connectivity index is 1.80. The van der Waals surface area contributed by atoms with E-state index in [0.29, 0.717) is 11.3 Å². The number of H-pyrrole nitrogens is 1. The van der Waals surface area contributed by atoms with E-state index in [-0.39, 0.29) is 18.6 Å². The number of pyridine rings is 1. The van der Waals surface area contributed by atoms with Gasteiger partial charge in [0.15, 0.2) is 0 Å². The summed E-state index contributed by atoms with van der Waals surface area (Å²) in [7, 11) is 1.58. The summed E-state index contributed by atoms with van der Waals surface area (Å²) in [5.74, 6) is 1.65. The van der Waals surface area contributed by atoms with Gasteiger partial charge in [0.25, 0.3) is 0 Å². The van der Waals surface area contributed by atoms with Gasteiger partial charge in [-0.15, -0.1) is 0 Å². The monoisotopic (exact) mass is 420 g/mol. The minimum atomic E-state index is -0.803. The number of aryl methyl sites for hydroxylation is 1. The molecule has 1 N–H and O–H groups in total. The molecule has 0 fully saturated rings. The average Bonchev–Trinajstić information content (AvgIpc) is 3.09. The number of aromatic nitrogens is 2. The summed E-state index contributed by atoms with van der Waals surface area (Å²) in [5, 5.41) is 1.77. The number of ether oxygens (including phenoxy) is 4. The Morgan fingerprint density at radius 2 is 1.94 bits per heavy atom. The number of methoxy groups -OCH3 is 1. The lowest BCUT2D eigenvalue weighted by Gasteiger charge is -2.12. The van der Waals surface area contributed by atoms with Gasteiger partial charge in [0.05, 0.1) is 30.0 Å². The topological polar surface area (TPSA) is 82.7 Å². The Kier molecular flexibility index (Phi) is 5.77. The molecule has 160 valence electrons. The van der Waals surface area contributed by atoms with Crippen LogP contribution in [0.15, 0.2) is 48.7 Å².